The number of halogens is 1. The molecule has 0 heterocycles. The van der Waals surface area contributed by atoms with E-state index in [1.165, 1.54) is 5.56 Å². The highest BCUT2D eigenvalue weighted by Crippen LogP contribution is 2.24. The normalized spacial score (nSPS) is 10.3. The van der Waals surface area contributed by atoms with Crippen molar-refractivity contribution >= 4 is 11.6 Å². The highest BCUT2D eigenvalue weighted by molar-refractivity contribution is 6.32. The monoisotopic (exact) mass is 291 g/mol. The summed E-state index contributed by atoms with van der Waals surface area (Å²) in [6.07, 6.45) is 0. The van der Waals surface area contributed by atoms with Crippen molar-refractivity contribution in [1.82, 2.24) is 5.32 Å². The van der Waals surface area contributed by atoms with E-state index < -0.39 is 0 Å². The lowest BCUT2D eigenvalue weighted by Crippen LogP contribution is -2.12. The molecule has 4 heteroatoms. The summed E-state index contributed by atoms with van der Waals surface area (Å²) in [5.41, 5.74) is 2.31. The lowest BCUT2D eigenvalue weighted by Gasteiger charge is -2.08. The van der Waals surface area contributed by atoms with Crippen molar-refractivity contribution in [2.45, 2.75) is 13.1 Å². The molecule has 0 bridgehead atoms. The summed E-state index contributed by atoms with van der Waals surface area (Å²) in [6, 6.07) is 13.8. The maximum atomic E-state index is 6.10. The average Bonchev–Trinajstić information content (AvgIpc) is 2.48. The third-order valence-electron chi connectivity index (χ3n) is 3.01. The van der Waals surface area contributed by atoms with Crippen molar-refractivity contribution in [2.75, 3.05) is 14.2 Å². The van der Waals surface area contributed by atoms with Gasteiger partial charge in [-0.15, -0.1) is 0 Å². The van der Waals surface area contributed by atoms with Gasteiger partial charge in [-0.2, -0.15) is 0 Å². The minimum atomic E-state index is 0.633. The fourth-order valence-corrected chi connectivity index (χ4v) is 2.23. The summed E-state index contributed by atoms with van der Waals surface area (Å²) in [4.78, 5) is 0. The van der Waals surface area contributed by atoms with Crippen LogP contribution in [0, 0.1) is 0 Å². The molecule has 1 N–H and O–H groups in total. The molecule has 20 heavy (non-hydrogen) atoms. The number of hydrogen-bond donors (Lipinski definition) is 1. The Morgan fingerprint density at radius 1 is 0.950 bits per heavy atom. The van der Waals surface area contributed by atoms with Gasteiger partial charge in [0.15, 0.2) is 0 Å². The van der Waals surface area contributed by atoms with E-state index >= 15 is 0 Å². The quantitative estimate of drug-likeness (QED) is 0.881. The Hall–Kier alpha value is -1.71. The number of benzene rings is 2. The maximum absolute atomic E-state index is 6.10. The minimum Gasteiger partial charge on any atom is -0.497 e. The molecule has 0 radical (unpaired) electrons. The number of hydrogen-bond acceptors (Lipinski definition) is 3. The largest absolute Gasteiger partial charge is 0.497 e. The second-order valence-corrected chi connectivity index (χ2v) is 4.83. The number of ether oxygens (including phenoxy) is 2. The highest BCUT2D eigenvalue weighted by atomic mass is 35.5. The molecule has 2 aromatic carbocycles. The van der Waals surface area contributed by atoms with Gasteiger partial charge in [0.2, 0.25) is 0 Å². The Labute approximate surface area is 124 Å². The van der Waals surface area contributed by atoms with E-state index in [0.29, 0.717) is 10.8 Å². The Morgan fingerprint density at radius 3 is 2.35 bits per heavy atom. The summed E-state index contributed by atoms with van der Waals surface area (Å²) < 4.78 is 10.3. The van der Waals surface area contributed by atoms with Crippen LogP contribution in [0.25, 0.3) is 0 Å². The third-order valence-corrected chi connectivity index (χ3v) is 3.30. The summed E-state index contributed by atoms with van der Waals surface area (Å²) >= 11 is 6.10. The van der Waals surface area contributed by atoms with Gasteiger partial charge in [-0.3, -0.25) is 0 Å². The molecule has 2 rings (SSSR count). The average molecular weight is 292 g/mol. The molecular formula is C16H18ClNO2. The highest BCUT2D eigenvalue weighted by Gasteiger charge is 2.02. The van der Waals surface area contributed by atoms with Gasteiger partial charge in [-0.1, -0.05) is 29.8 Å². The van der Waals surface area contributed by atoms with E-state index in [0.717, 1.165) is 24.4 Å². The molecule has 0 aliphatic heterocycles. The molecular weight excluding hydrogens is 274 g/mol. The van der Waals surface area contributed by atoms with Gasteiger partial charge in [0, 0.05) is 13.1 Å². The SMILES string of the molecule is COc1cccc(CNCc2ccc(OC)c(Cl)c2)c1. The van der Waals surface area contributed by atoms with Crippen LogP contribution in [0.15, 0.2) is 42.5 Å². The smallest absolute Gasteiger partial charge is 0.137 e. The molecule has 0 aromatic heterocycles. The van der Waals surface area contributed by atoms with Crippen molar-refractivity contribution in [1.29, 1.82) is 0 Å². The van der Waals surface area contributed by atoms with E-state index in [-0.39, 0.29) is 0 Å². The first-order valence-corrected chi connectivity index (χ1v) is 6.77. The van der Waals surface area contributed by atoms with Crippen molar-refractivity contribution in [2.24, 2.45) is 0 Å². The Balaban J connectivity index is 1.90. The molecule has 0 aliphatic carbocycles. The van der Waals surface area contributed by atoms with Crippen molar-refractivity contribution in [3.05, 3.63) is 58.6 Å². The van der Waals surface area contributed by atoms with Crippen LogP contribution in [0.4, 0.5) is 0 Å². The van der Waals surface area contributed by atoms with Crippen molar-refractivity contribution < 1.29 is 9.47 Å². The van der Waals surface area contributed by atoms with E-state index in [9.17, 15) is 0 Å². The second-order valence-electron chi connectivity index (χ2n) is 4.42. The lowest BCUT2D eigenvalue weighted by atomic mass is 10.2. The standard InChI is InChI=1S/C16H18ClNO2/c1-19-14-5-3-4-12(8-14)10-18-11-13-6-7-16(20-2)15(17)9-13/h3-9,18H,10-11H2,1-2H3. The first-order valence-electron chi connectivity index (χ1n) is 6.39. The van der Waals surface area contributed by atoms with Gasteiger partial charge in [0.05, 0.1) is 19.2 Å². The number of methoxy groups -OCH3 is 2. The van der Waals surface area contributed by atoms with Crippen LogP contribution in [-0.2, 0) is 13.1 Å². The van der Waals surface area contributed by atoms with E-state index in [4.69, 9.17) is 21.1 Å². The predicted molar refractivity (Wildman–Crippen MR) is 81.5 cm³/mol. The topological polar surface area (TPSA) is 30.5 Å². The van der Waals surface area contributed by atoms with Crippen LogP contribution >= 0.6 is 11.6 Å². The predicted octanol–water partition coefficient (Wildman–Crippen LogP) is 3.65. The van der Waals surface area contributed by atoms with Crippen molar-refractivity contribution in [3.63, 3.8) is 0 Å². The molecule has 0 saturated heterocycles. The van der Waals surface area contributed by atoms with Crippen LogP contribution in [0.1, 0.15) is 11.1 Å². The molecule has 0 fully saturated rings. The van der Waals surface area contributed by atoms with Crippen LogP contribution in [0.2, 0.25) is 5.02 Å². The Bertz CT molecular complexity index is 572. The Kier molecular flexibility index (Phi) is 5.27. The number of nitrogens with one attached hydrogen (secondary N) is 1. The van der Waals surface area contributed by atoms with Gasteiger partial charge >= 0.3 is 0 Å². The van der Waals surface area contributed by atoms with E-state index in [1.54, 1.807) is 14.2 Å². The van der Waals surface area contributed by atoms with Gasteiger partial charge in [0.1, 0.15) is 11.5 Å². The fourth-order valence-electron chi connectivity index (χ4n) is 1.95. The molecule has 2 aromatic rings. The van der Waals surface area contributed by atoms with Crippen molar-refractivity contribution in [3.8, 4) is 11.5 Å². The summed E-state index contributed by atoms with van der Waals surface area (Å²) in [6.45, 7) is 1.53. The first-order chi connectivity index (χ1) is 9.72. The second kappa shape index (κ2) is 7.17. The molecule has 0 amide bonds. The first kappa shape index (κ1) is 14.7. The Morgan fingerprint density at radius 2 is 1.70 bits per heavy atom. The lowest BCUT2D eigenvalue weighted by molar-refractivity contribution is 0.414. The summed E-state index contributed by atoms with van der Waals surface area (Å²) in [5.74, 6) is 1.57. The van der Waals surface area contributed by atoms with Crippen LogP contribution < -0.4 is 14.8 Å². The zero-order chi connectivity index (χ0) is 14.4. The third kappa shape index (κ3) is 3.89. The summed E-state index contributed by atoms with van der Waals surface area (Å²) in [5, 5.41) is 4.01. The molecule has 0 atom stereocenters. The van der Waals surface area contributed by atoms with Gasteiger partial charge in [-0.25, -0.2) is 0 Å². The van der Waals surface area contributed by atoms with Crippen LogP contribution in [-0.4, -0.2) is 14.2 Å². The molecule has 0 spiro atoms. The van der Waals surface area contributed by atoms with Gasteiger partial charge in [-0.05, 0) is 35.4 Å². The fraction of sp³-hybridized carbons (Fsp3) is 0.250. The van der Waals surface area contributed by atoms with E-state index in [1.807, 2.05) is 36.4 Å². The minimum absolute atomic E-state index is 0.633. The zero-order valence-corrected chi connectivity index (χ0v) is 12.4. The van der Waals surface area contributed by atoms with Crippen LogP contribution in [0.5, 0.6) is 11.5 Å². The molecule has 3 nitrogen and oxygen atoms in total. The molecule has 0 aliphatic rings. The van der Waals surface area contributed by atoms with E-state index in [2.05, 4.69) is 11.4 Å². The van der Waals surface area contributed by atoms with Gasteiger partial charge in [0.25, 0.3) is 0 Å². The molecule has 0 saturated carbocycles. The molecule has 0 unspecified atom stereocenters. The maximum Gasteiger partial charge on any atom is 0.137 e. The molecule has 106 valence electrons. The van der Waals surface area contributed by atoms with Crippen LogP contribution in [0.3, 0.4) is 0 Å². The zero-order valence-electron chi connectivity index (χ0n) is 11.7. The number of rotatable bonds is 6. The summed E-state index contributed by atoms with van der Waals surface area (Å²) in [7, 11) is 3.29. The van der Waals surface area contributed by atoms with Gasteiger partial charge < -0.3 is 14.8 Å².